The highest BCUT2D eigenvalue weighted by molar-refractivity contribution is 5.99. The lowest BCUT2D eigenvalue weighted by atomic mass is 9.97. The van der Waals surface area contributed by atoms with Gasteiger partial charge in [-0.25, -0.2) is 4.39 Å². The molecule has 20 heavy (non-hydrogen) atoms. The number of hydrogen-bond acceptors (Lipinski definition) is 2. The van der Waals surface area contributed by atoms with Crippen LogP contribution in [0.25, 0.3) is 0 Å². The summed E-state index contributed by atoms with van der Waals surface area (Å²) in [5.41, 5.74) is 1.37. The molecule has 1 aliphatic carbocycles. The van der Waals surface area contributed by atoms with E-state index in [9.17, 15) is 14.3 Å². The fourth-order valence-electron chi connectivity index (χ4n) is 2.34. The number of ketones is 1. The predicted octanol–water partition coefficient (Wildman–Crippen LogP) is 3.62. The summed E-state index contributed by atoms with van der Waals surface area (Å²) in [7, 11) is 0. The molecule has 1 saturated carbocycles. The molecule has 2 nitrogen and oxygen atoms in total. The molecule has 1 N–H and O–H groups in total. The number of hydrogen-bond donors (Lipinski definition) is 1. The lowest BCUT2D eigenvalue weighted by Gasteiger charge is -2.12. The first-order chi connectivity index (χ1) is 9.66. The van der Waals surface area contributed by atoms with E-state index in [-0.39, 0.29) is 5.56 Å². The molecule has 0 amide bonds. The van der Waals surface area contributed by atoms with Crippen molar-refractivity contribution < 1.29 is 14.3 Å². The summed E-state index contributed by atoms with van der Waals surface area (Å²) in [5.74, 6) is -0.546. The van der Waals surface area contributed by atoms with Crippen LogP contribution < -0.4 is 0 Å². The monoisotopic (exact) mass is 270 g/mol. The average molecular weight is 270 g/mol. The van der Waals surface area contributed by atoms with E-state index in [1.165, 1.54) is 12.1 Å². The summed E-state index contributed by atoms with van der Waals surface area (Å²) < 4.78 is 14.1. The van der Waals surface area contributed by atoms with Gasteiger partial charge in [-0.05, 0) is 30.4 Å². The van der Waals surface area contributed by atoms with Gasteiger partial charge in [0.05, 0.1) is 0 Å². The SMILES string of the molecule is O=C(c1ccccc1)C(O)c1ccc(C2CC2)cc1F. The van der Waals surface area contributed by atoms with Crippen LogP contribution in [0.4, 0.5) is 4.39 Å². The maximum atomic E-state index is 14.1. The highest BCUT2D eigenvalue weighted by atomic mass is 19.1. The van der Waals surface area contributed by atoms with E-state index in [1.54, 1.807) is 36.4 Å². The summed E-state index contributed by atoms with van der Waals surface area (Å²) in [4.78, 5) is 12.1. The van der Waals surface area contributed by atoms with Gasteiger partial charge in [-0.1, -0.05) is 42.5 Å². The third-order valence-corrected chi connectivity index (χ3v) is 3.67. The van der Waals surface area contributed by atoms with E-state index < -0.39 is 17.7 Å². The van der Waals surface area contributed by atoms with Gasteiger partial charge in [0.15, 0.2) is 5.78 Å². The second kappa shape index (κ2) is 5.17. The third kappa shape index (κ3) is 2.49. The van der Waals surface area contributed by atoms with Gasteiger partial charge >= 0.3 is 0 Å². The quantitative estimate of drug-likeness (QED) is 0.861. The zero-order valence-corrected chi connectivity index (χ0v) is 10.9. The van der Waals surface area contributed by atoms with Crippen molar-refractivity contribution in [1.29, 1.82) is 0 Å². The first-order valence-electron chi connectivity index (χ1n) is 6.73. The molecule has 2 aromatic carbocycles. The van der Waals surface area contributed by atoms with E-state index in [1.807, 2.05) is 0 Å². The number of benzene rings is 2. The average Bonchev–Trinajstić information content (AvgIpc) is 3.31. The van der Waals surface area contributed by atoms with E-state index in [0.29, 0.717) is 11.5 Å². The van der Waals surface area contributed by atoms with Gasteiger partial charge in [-0.15, -0.1) is 0 Å². The van der Waals surface area contributed by atoms with Gasteiger partial charge in [-0.3, -0.25) is 4.79 Å². The van der Waals surface area contributed by atoms with Crippen molar-refractivity contribution in [2.75, 3.05) is 0 Å². The maximum absolute atomic E-state index is 14.1. The van der Waals surface area contributed by atoms with Gasteiger partial charge in [0.1, 0.15) is 11.9 Å². The fraction of sp³-hybridized carbons (Fsp3) is 0.235. The molecule has 0 radical (unpaired) electrons. The second-order valence-electron chi connectivity index (χ2n) is 5.19. The van der Waals surface area contributed by atoms with Gasteiger partial charge in [0.25, 0.3) is 0 Å². The Hall–Kier alpha value is -2.00. The molecule has 0 aromatic heterocycles. The van der Waals surface area contributed by atoms with Crippen LogP contribution in [0.3, 0.4) is 0 Å². The number of aliphatic hydroxyl groups is 1. The topological polar surface area (TPSA) is 37.3 Å². The van der Waals surface area contributed by atoms with Gasteiger partial charge in [0.2, 0.25) is 0 Å². The molecule has 0 aliphatic heterocycles. The Bertz CT molecular complexity index is 633. The normalized spacial score (nSPS) is 15.9. The Kier molecular flexibility index (Phi) is 3.36. The van der Waals surface area contributed by atoms with Gasteiger partial charge < -0.3 is 5.11 Å². The van der Waals surface area contributed by atoms with Crippen LogP contribution in [0, 0.1) is 5.82 Å². The Balaban J connectivity index is 1.86. The smallest absolute Gasteiger partial charge is 0.195 e. The Morgan fingerprint density at radius 1 is 1.15 bits per heavy atom. The molecule has 1 aliphatic rings. The van der Waals surface area contributed by atoms with Gasteiger partial charge in [0, 0.05) is 11.1 Å². The predicted molar refractivity (Wildman–Crippen MR) is 74.1 cm³/mol. The molecule has 2 aromatic rings. The summed E-state index contributed by atoms with van der Waals surface area (Å²) in [5, 5.41) is 10.1. The van der Waals surface area contributed by atoms with Crippen LogP contribution in [-0.4, -0.2) is 10.9 Å². The first kappa shape index (κ1) is 13.0. The number of aliphatic hydroxyl groups excluding tert-OH is 1. The van der Waals surface area contributed by atoms with Crippen LogP contribution in [0.1, 0.15) is 46.3 Å². The number of halogens is 1. The largest absolute Gasteiger partial charge is 0.380 e. The molecule has 1 fully saturated rings. The number of rotatable bonds is 4. The Labute approximate surface area is 116 Å². The zero-order chi connectivity index (χ0) is 14.1. The number of carbonyl (C=O) groups excluding carboxylic acids is 1. The lowest BCUT2D eigenvalue weighted by Crippen LogP contribution is -2.13. The number of carbonyl (C=O) groups is 1. The summed E-state index contributed by atoms with van der Waals surface area (Å²) in [6.07, 6.45) is 0.722. The minimum absolute atomic E-state index is 0.0447. The summed E-state index contributed by atoms with van der Waals surface area (Å²) in [6, 6.07) is 13.2. The van der Waals surface area contributed by atoms with Crippen molar-refractivity contribution in [2.24, 2.45) is 0 Å². The van der Waals surface area contributed by atoms with E-state index >= 15 is 0 Å². The van der Waals surface area contributed by atoms with Gasteiger partial charge in [-0.2, -0.15) is 0 Å². The van der Waals surface area contributed by atoms with Crippen molar-refractivity contribution >= 4 is 5.78 Å². The number of Topliss-reactive ketones (excluding diaryl/α,β-unsaturated/α-hetero) is 1. The Morgan fingerprint density at radius 3 is 2.45 bits per heavy atom. The fourth-order valence-corrected chi connectivity index (χ4v) is 2.34. The van der Waals surface area contributed by atoms with Crippen molar-refractivity contribution in [3.8, 4) is 0 Å². The van der Waals surface area contributed by atoms with Crippen LogP contribution in [0.5, 0.6) is 0 Å². The molecule has 0 heterocycles. The molecule has 0 spiro atoms. The lowest BCUT2D eigenvalue weighted by molar-refractivity contribution is 0.0740. The van der Waals surface area contributed by atoms with E-state index in [4.69, 9.17) is 0 Å². The zero-order valence-electron chi connectivity index (χ0n) is 10.9. The van der Waals surface area contributed by atoms with Crippen molar-refractivity contribution in [3.63, 3.8) is 0 Å². The molecule has 1 atom stereocenters. The summed E-state index contributed by atoms with van der Waals surface area (Å²) in [6.45, 7) is 0. The highest BCUT2D eigenvalue weighted by Crippen LogP contribution is 2.40. The minimum Gasteiger partial charge on any atom is -0.380 e. The van der Waals surface area contributed by atoms with Crippen molar-refractivity contribution in [3.05, 3.63) is 71.0 Å². The van der Waals surface area contributed by atoms with Crippen molar-refractivity contribution in [1.82, 2.24) is 0 Å². The van der Waals surface area contributed by atoms with E-state index in [0.717, 1.165) is 18.4 Å². The standard InChI is InChI=1S/C17H15FO2/c18-15-10-13(11-6-7-11)8-9-14(15)17(20)16(19)12-4-2-1-3-5-12/h1-5,8-11,17,20H,6-7H2. The molecule has 102 valence electrons. The molecule has 0 saturated heterocycles. The molecule has 0 bridgehead atoms. The van der Waals surface area contributed by atoms with Crippen LogP contribution in [-0.2, 0) is 0 Å². The second-order valence-corrected chi connectivity index (χ2v) is 5.19. The molecular formula is C17H15FO2. The highest BCUT2D eigenvalue weighted by Gasteiger charge is 2.27. The third-order valence-electron chi connectivity index (χ3n) is 3.67. The first-order valence-corrected chi connectivity index (χ1v) is 6.73. The van der Waals surface area contributed by atoms with E-state index in [2.05, 4.69) is 0 Å². The van der Waals surface area contributed by atoms with Crippen LogP contribution in [0.2, 0.25) is 0 Å². The van der Waals surface area contributed by atoms with Crippen LogP contribution in [0.15, 0.2) is 48.5 Å². The molecular weight excluding hydrogens is 255 g/mol. The molecule has 3 heteroatoms. The van der Waals surface area contributed by atoms with Crippen molar-refractivity contribution in [2.45, 2.75) is 24.9 Å². The summed E-state index contributed by atoms with van der Waals surface area (Å²) >= 11 is 0. The molecule has 1 unspecified atom stereocenters. The Morgan fingerprint density at radius 2 is 1.85 bits per heavy atom. The maximum Gasteiger partial charge on any atom is 0.195 e. The molecule has 3 rings (SSSR count). The van der Waals surface area contributed by atoms with Crippen LogP contribution >= 0.6 is 0 Å². The minimum atomic E-state index is -1.45.